The Balaban J connectivity index is 3.04. The minimum absolute atomic E-state index is 0.0776. The molecular weight excluding hydrogens is 364 g/mol. The highest BCUT2D eigenvalue weighted by molar-refractivity contribution is 9.13. The van der Waals surface area contributed by atoms with E-state index in [1.54, 1.807) is 0 Å². The number of rotatable bonds is 4. The number of carbonyl (C=O) groups excluding carboxylic acids is 2. The second-order valence-electron chi connectivity index (χ2n) is 2.83. The van der Waals surface area contributed by atoms with Crippen molar-refractivity contribution in [2.24, 2.45) is 0 Å². The predicted molar refractivity (Wildman–Crippen MR) is 67.2 cm³/mol. The lowest BCUT2D eigenvalue weighted by atomic mass is 10.4. The van der Waals surface area contributed by atoms with Gasteiger partial charge in [-0.05, 0) is 38.8 Å². The van der Waals surface area contributed by atoms with E-state index in [9.17, 15) is 9.59 Å². The molecule has 0 saturated heterocycles. The Bertz CT molecular complexity index is 427. The van der Waals surface area contributed by atoms with Gasteiger partial charge in [0.15, 0.2) is 16.4 Å². The maximum absolute atomic E-state index is 11.4. The molecule has 1 aromatic rings. The number of hydrogen-bond donors (Lipinski definition) is 0. The molecule has 0 spiro atoms. The molecule has 0 bridgehead atoms. The van der Waals surface area contributed by atoms with E-state index in [-0.39, 0.29) is 12.4 Å². The Labute approximate surface area is 113 Å². The SMILES string of the molecule is COC(=O)c1sc(Br)c(Br)c1OCC(C)=O. The van der Waals surface area contributed by atoms with Crippen molar-refractivity contribution >= 4 is 54.9 Å². The first-order valence-corrected chi connectivity index (χ1v) is 6.56. The minimum atomic E-state index is -0.491. The number of ketones is 1. The van der Waals surface area contributed by atoms with Crippen LogP contribution in [0, 0.1) is 0 Å². The second kappa shape index (κ2) is 5.79. The zero-order valence-electron chi connectivity index (χ0n) is 8.50. The molecule has 4 nitrogen and oxygen atoms in total. The van der Waals surface area contributed by atoms with Gasteiger partial charge in [-0.3, -0.25) is 4.79 Å². The molecule has 0 atom stereocenters. The van der Waals surface area contributed by atoms with Gasteiger partial charge < -0.3 is 9.47 Å². The number of esters is 1. The molecule has 0 aliphatic rings. The van der Waals surface area contributed by atoms with E-state index in [2.05, 4.69) is 36.6 Å². The molecule has 7 heteroatoms. The number of halogens is 2. The molecule has 0 aliphatic heterocycles. The normalized spacial score (nSPS) is 10.0. The van der Waals surface area contributed by atoms with Gasteiger partial charge in [0.25, 0.3) is 0 Å². The summed E-state index contributed by atoms with van der Waals surface area (Å²) in [5, 5.41) is 0. The molecule has 1 aromatic heterocycles. The van der Waals surface area contributed by atoms with Crippen LogP contribution in [0.5, 0.6) is 5.75 Å². The van der Waals surface area contributed by atoms with Crippen LogP contribution in [0.2, 0.25) is 0 Å². The van der Waals surface area contributed by atoms with Gasteiger partial charge in [-0.2, -0.15) is 0 Å². The van der Waals surface area contributed by atoms with E-state index in [0.29, 0.717) is 18.9 Å². The zero-order chi connectivity index (χ0) is 12.3. The number of thiophene rings is 1. The summed E-state index contributed by atoms with van der Waals surface area (Å²) in [6.07, 6.45) is 0. The highest BCUT2D eigenvalue weighted by Crippen LogP contribution is 2.43. The summed E-state index contributed by atoms with van der Waals surface area (Å²) in [5.74, 6) is -0.279. The summed E-state index contributed by atoms with van der Waals surface area (Å²) in [4.78, 5) is 22.6. The molecule has 1 rings (SSSR count). The average Bonchev–Trinajstić information content (AvgIpc) is 2.52. The lowest BCUT2D eigenvalue weighted by molar-refractivity contribution is -0.118. The molecule has 0 N–H and O–H groups in total. The van der Waals surface area contributed by atoms with Crippen LogP contribution in [-0.4, -0.2) is 25.5 Å². The number of methoxy groups -OCH3 is 1. The molecule has 0 amide bonds. The Morgan fingerprint density at radius 3 is 2.50 bits per heavy atom. The summed E-state index contributed by atoms with van der Waals surface area (Å²) in [6, 6.07) is 0. The van der Waals surface area contributed by atoms with Gasteiger partial charge in [0, 0.05) is 0 Å². The van der Waals surface area contributed by atoms with Gasteiger partial charge in [-0.25, -0.2) is 4.79 Å². The first-order valence-electron chi connectivity index (χ1n) is 4.15. The van der Waals surface area contributed by atoms with Gasteiger partial charge in [0.2, 0.25) is 0 Å². The van der Waals surface area contributed by atoms with E-state index in [1.165, 1.54) is 25.4 Å². The predicted octanol–water partition coefficient (Wildman–Crippen LogP) is 3.03. The van der Waals surface area contributed by atoms with Crippen LogP contribution in [0.3, 0.4) is 0 Å². The van der Waals surface area contributed by atoms with E-state index in [1.807, 2.05) is 0 Å². The van der Waals surface area contributed by atoms with Crippen molar-refractivity contribution in [1.82, 2.24) is 0 Å². The number of Topliss-reactive ketones (excluding diaryl/α,β-unsaturated/α-hetero) is 1. The molecule has 16 heavy (non-hydrogen) atoms. The van der Waals surface area contributed by atoms with Crippen molar-refractivity contribution in [3.63, 3.8) is 0 Å². The Morgan fingerprint density at radius 1 is 1.38 bits per heavy atom. The van der Waals surface area contributed by atoms with Crippen molar-refractivity contribution in [2.45, 2.75) is 6.92 Å². The molecule has 88 valence electrons. The molecule has 0 saturated carbocycles. The maximum Gasteiger partial charge on any atom is 0.351 e. The quantitative estimate of drug-likeness (QED) is 0.763. The molecule has 0 radical (unpaired) electrons. The Kier molecular flexibility index (Phi) is 4.94. The first kappa shape index (κ1) is 13.7. The van der Waals surface area contributed by atoms with E-state index in [0.717, 1.165) is 0 Å². The summed E-state index contributed by atoms with van der Waals surface area (Å²) in [7, 11) is 1.29. The van der Waals surface area contributed by atoms with Crippen LogP contribution in [0.25, 0.3) is 0 Å². The largest absolute Gasteiger partial charge is 0.483 e. The average molecular weight is 372 g/mol. The van der Waals surface area contributed by atoms with Crippen LogP contribution in [0.4, 0.5) is 0 Å². The summed E-state index contributed by atoms with van der Waals surface area (Å²) < 4.78 is 11.2. The minimum Gasteiger partial charge on any atom is -0.483 e. The van der Waals surface area contributed by atoms with Crippen molar-refractivity contribution in [3.8, 4) is 5.75 Å². The Morgan fingerprint density at radius 2 is 2.00 bits per heavy atom. The van der Waals surface area contributed by atoms with Crippen LogP contribution in [-0.2, 0) is 9.53 Å². The van der Waals surface area contributed by atoms with E-state index in [4.69, 9.17) is 4.74 Å². The molecule has 0 aliphatic carbocycles. The van der Waals surface area contributed by atoms with Crippen molar-refractivity contribution in [1.29, 1.82) is 0 Å². The van der Waals surface area contributed by atoms with E-state index < -0.39 is 5.97 Å². The highest BCUT2D eigenvalue weighted by Gasteiger charge is 2.22. The zero-order valence-corrected chi connectivity index (χ0v) is 12.5. The van der Waals surface area contributed by atoms with Crippen LogP contribution in [0.15, 0.2) is 8.26 Å². The second-order valence-corrected chi connectivity index (χ2v) is 5.96. The number of carbonyl (C=O) groups is 2. The van der Waals surface area contributed by atoms with Crippen LogP contribution >= 0.6 is 43.2 Å². The summed E-state index contributed by atoms with van der Waals surface area (Å²) in [5.41, 5.74) is 0. The fraction of sp³-hybridized carbons (Fsp3) is 0.333. The molecule has 0 aromatic carbocycles. The number of ether oxygens (including phenoxy) is 2. The third-order valence-electron chi connectivity index (χ3n) is 1.56. The molecule has 0 fully saturated rings. The van der Waals surface area contributed by atoms with Crippen molar-refractivity contribution in [2.75, 3.05) is 13.7 Å². The third kappa shape index (κ3) is 3.05. The highest BCUT2D eigenvalue weighted by atomic mass is 79.9. The molecular formula is C9H8Br2O4S. The van der Waals surface area contributed by atoms with Crippen molar-refractivity contribution in [3.05, 3.63) is 13.1 Å². The van der Waals surface area contributed by atoms with Gasteiger partial charge in [-0.1, -0.05) is 0 Å². The first-order chi connectivity index (χ1) is 7.47. The summed E-state index contributed by atoms with van der Waals surface area (Å²) in [6.45, 7) is 1.33. The molecule has 1 heterocycles. The van der Waals surface area contributed by atoms with Crippen LogP contribution < -0.4 is 4.74 Å². The smallest absolute Gasteiger partial charge is 0.351 e. The third-order valence-corrected chi connectivity index (χ3v) is 4.93. The van der Waals surface area contributed by atoms with E-state index >= 15 is 0 Å². The van der Waals surface area contributed by atoms with Gasteiger partial charge >= 0.3 is 5.97 Å². The molecule has 0 unspecified atom stereocenters. The lowest BCUT2D eigenvalue weighted by Crippen LogP contribution is -2.09. The van der Waals surface area contributed by atoms with Gasteiger partial charge in [0.1, 0.15) is 6.61 Å². The van der Waals surface area contributed by atoms with Gasteiger partial charge in [-0.15, -0.1) is 11.3 Å². The van der Waals surface area contributed by atoms with Crippen LogP contribution in [0.1, 0.15) is 16.6 Å². The number of hydrogen-bond acceptors (Lipinski definition) is 5. The van der Waals surface area contributed by atoms with Gasteiger partial charge in [0.05, 0.1) is 15.4 Å². The lowest BCUT2D eigenvalue weighted by Gasteiger charge is -2.04. The summed E-state index contributed by atoms with van der Waals surface area (Å²) >= 11 is 7.72. The fourth-order valence-corrected chi connectivity index (χ4v) is 3.03. The Hall–Kier alpha value is -0.400. The van der Waals surface area contributed by atoms with Crippen molar-refractivity contribution < 1.29 is 19.1 Å². The monoisotopic (exact) mass is 370 g/mol. The topological polar surface area (TPSA) is 52.6 Å². The maximum atomic E-state index is 11.4. The fourth-order valence-electron chi connectivity index (χ4n) is 0.899. The standard InChI is InChI=1S/C9H8Br2O4S/c1-4(12)3-15-6-5(10)8(11)16-7(6)9(13)14-2/h3H2,1-2H3.